The Kier molecular flexibility index (Phi) is 4.14. The van der Waals surface area contributed by atoms with Crippen molar-refractivity contribution in [2.75, 3.05) is 26.7 Å². The van der Waals surface area contributed by atoms with Crippen molar-refractivity contribution >= 4 is 33.2 Å². The van der Waals surface area contributed by atoms with E-state index in [4.69, 9.17) is 23.2 Å². The second-order valence-corrected chi connectivity index (χ2v) is 7.99. The molecule has 1 aliphatic rings. The Bertz CT molecular complexity index is 591. The van der Waals surface area contributed by atoms with E-state index in [-0.39, 0.29) is 24.9 Å². The van der Waals surface area contributed by atoms with Gasteiger partial charge in [0.1, 0.15) is 17.5 Å². The van der Waals surface area contributed by atoms with Crippen LogP contribution in [0.4, 0.5) is 0 Å². The summed E-state index contributed by atoms with van der Waals surface area (Å²) in [4.78, 5) is 0.109. The molecule has 1 fully saturated rings. The number of nitrogens with zero attached hydrogens (tertiary/aromatic N) is 1. The molecule has 0 saturated carbocycles. The van der Waals surface area contributed by atoms with Crippen LogP contribution in [0, 0.1) is 0 Å². The first-order chi connectivity index (χ1) is 8.80. The number of benzene rings is 1. The minimum Gasteiger partial charge on any atom is -0.306 e. The fraction of sp³-hybridized carbons (Fsp3) is 0.500. The molecule has 106 valence electrons. The first kappa shape index (κ1) is 15.1. The van der Waals surface area contributed by atoms with Gasteiger partial charge in [0, 0.05) is 13.1 Å². The van der Waals surface area contributed by atoms with Crippen molar-refractivity contribution in [3.63, 3.8) is 0 Å². The molecule has 1 aromatic carbocycles. The smallest absolute Gasteiger partial charge is 0.306 e. The first-order valence-electron chi connectivity index (χ1n) is 6.06. The van der Waals surface area contributed by atoms with Gasteiger partial charge in [-0.3, -0.25) is 0 Å². The summed E-state index contributed by atoms with van der Waals surface area (Å²) >= 11 is 12.0. The Hall–Kier alpha value is -0.330. The topological polar surface area (TPSA) is 46.2 Å². The summed E-state index contributed by atoms with van der Waals surface area (Å²) in [6.07, 6.45) is 0. The van der Waals surface area contributed by atoms with Crippen LogP contribution in [0.2, 0.25) is 10.0 Å². The monoisotopic (exact) mass is 323 g/mol. The third kappa shape index (κ3) is 2.38. The maximum Gasteiger partial charge on any atom is 0.328 e. The van der Waals surface area contributed by atoms with Crippen molar-refractivity contribution in [2.24, 2.45) is 0 Å². The number of rotatable bonds is 2. The Balaban J connectivity index is 2.56. The van der Waals surface area contributed by atoms with Crippen LogP contribution < -0.4 is 5.32 Å². The second kappa shape index (κ2) is 5.22. The number of piperazine rings is 1. The zero-order chi connectivity index (χ0) is 14.3. The normalized spacial score (nSPS) is 28.3. The molecule has 0 bridgehead atoms. The van der Waals surface area contributed by atoms with Crippen LogP contribution in [0.25, 0.3) is 0 Å². The Morgan fingerprint density at radius 3 is 2.68 bits per heavy atom. The van der Waals surface area contributed by atoms with Crippen molar-refractivity contribution in [3.05, 3.63) is 28.2 Å². The van der Waals surface area contributed by atoms with Gasteiger partial charge in [0.05, 0.1) is 17.1 Å². The summed E-state index contributed by atoms with van der Waals surface area (Å²) < 4.78 is 25.7. The van der Waals surface area contributed by atoms with E-state index >= 15 is 0 Å². The third-order valence-corrected chi connectivity index (χ3v) is 7.32. The molecule has 0 radical (unpaired) electrons. The summed E-state index contributed by atoms with van der Waals surface area (Å²) in [6.45, 7) is 3.75. The molecule has 7 heteroatoms. The molecular weight excluding hydrogens is 307 g/mol. The van der Waals surface area contributed by atoms with Gasteiger partial charge in [0.2, 0.25) is 0 Å². The summed E-state index contributed by atoms with van der Waals surface area (Å²) in [7, 11) is -1.85. The van der Waals surface area contributed by atoms with E-state index in [2.05, 4.69) is 5.32 Å². The van der Waals surface area contributed by atoms with Crippen LogP contribution >= 0.6 is 23.2 Å². The summed E-state index contributed by atoms with van der Waals surface area (Å²) in [5.74, 6) is 0. The number of sulfonamides is 1. The molecule has 1 unspecified atom stereocenters. The van der Waals surface area contributed by atoms with Gasteiger partial charge in [-0.15, -0.1) is 0 Å². The largest absolute Gasteiger partial charge is 0.328 e. The number of nitrogens with one attached hydrogen (secondary N) is 1. The van der Waals surface area contributed by atoms with E-state index in [0.717, 1.165) is 0 Å². The molecule has 1 aromatic rings. The van der Waals surface area contributed by atoms with Gasteiger partial charge in [0.15, 0.2) is 0 Å². The maximum absolute atomic E-state index is 12.9. The zero-order valence-electron chi connectivity index (χ0n) is 10.9. The molecule has 4 nitrogen and oxygen atoms in total. The van der Waals surface area contributed by atoms with Crippen molar-refractivity contribution in [2.45, 2.75) is 17.9 Å². The van der Waals surface area contributed by atoms with Crippen LogP contribution in [0.15, 0.2) is 23.1 Å². The molecule has 0 spiro atoms. The van der Waals surface area contributed by atoms with E-state index in [9.17, 15) is 8.42 Å². The van der Waals surface area contributed by atoms with E-state index in [1.165, 1.54) is 6.07 Å². The van der Waals surface area contributed by atoms with Gasteiger partial charge in [0.25, 0.3) is 0 Å². The van der Waals surface area contributed by atoms with Crippen LogP contribution in [0.1, 0.15) is 6.92 Å². The fourth-order valence-electron chi connectivity index (χ4n) is 2.29. The van der Waals surface area contributed by atoms with Crippen molar-refractivity contribution < 1.29 is 12.3 Å². The Morgan fingerprint density at radius 2 is 2.05 bits per heavy atom. The SMILES string of the molecule is C[C@H]1CNCC[N+]1(C)S(=O)(=O)c1cccc(Cl)c1Cl. The predicted octanol–water partition coefficient (Wildman–Crippen LogP) is 2.12. The number of hydrogen-bond donors (Lipinski definition) is 1. The lowest BCUT2D eigenvalue weighted by atomic mass is 10.2. The molecular formula is C12H17Cl2N2O2S+. The minimum atomic E-state index is -3.58. The highest BCUT2D eigenvalue weighted by atomic mass is 35.5. The van der Waals surface area contributed by atoms with Crippen LogP contribution in [-0.2, 0) is 10.0 Å². The average Bonchev–Trinajstić information content (AvgIpc) is 2.36. The molecule has 0 amide bonds. The fourth-order valence-corrected chi connectivity index (χ4v) is 4.86. The lowest BCUT2D eigenvalue weighted by Gasteiger charge is -2.41. The van der Waals surface area contributed by atoms with Crippen LogP contribution in [0.3, 0.4) is 0 Å². The summed E-state index contributed by atoms with van der Waals surface area (Å²) in [5.41, 5.74) is 0. The number of halogens is 2. The van der Waals surface area contributed by atoms with Gasteiger partial charge in [-0.2, -0.15) is 8.42 Å². The van der Waals surface area contributed by atoms with Gasteiger partial charge in [-0.1, -0.05) is 29.3 Å². The highest BCUT2D eigenvalue weighted by Crippen LogP contribution is 2.34. The van der Waals surface area contributed by atoms with Gasteiger partial charge in [-0.25, -0.2) is 3.89 Å². The zero-order valence-corrected chi connectivity index (χ0v) is 13.2. The van der Waals surface area contributed by atoms with Crippen LogP contribution in [-0.4, -0.2) is 45.0 Å². The highest BCUT2D eigenvalue weighted by Gasteiger charge is 2.46. The van der Waals surface area contributed by atoms with Crippen molar-refractivity contribution in [1.29, 1.82) is 0 Å². The molecule has 0 aliphatic carbocycles. The standard InChI is InChI=1S/C12H17Cl2N2O2S/c1-9-8-15-6-7-16(9,2)19(17,18)11-5-3-4-10(13)12(11)14/h3-5,9,15H,6-8H2,1-2H3/q+1/t9-,16?/m0/s1. The number of quaternary nitrogens is 1. The van der Waals surface area contributed by atoms with Crippen LogP contribution in [0.5, 0.6) is 0 Å². The van der Waals surface area contributed by atoms with E-state index in [1.807, 2.05) is 6.92 Å². The van der Waals surface area contributed by atoms with Crippen molar-refractivity contribution in [3.8, 4) is 0 Å². The third-order valence-electron chi connectivity index (χ3n) is 3.85. The van der Waals surface area contributed by atoms with Gasteiger partial charge in [-0.05, 0) is 19.1 Å². The molecule has 1 heterocycles. The summed E-state index contributed by atoms with van der Waals surface area (Å²) in [5, 5.41) is 3.57. The molecule has 2 rings (SSSR count). The van der Waals surface area contributed by atoms with Crippen molar-refractivity contribution in [1.82, 2.24) is 5.32 Å². The quantitative estimate of drug-likeness (QED) is 0.848. The molecule has 1 saturated heterocycles. The average molecular weight is 324 g/mol. The summed E-state index contributed by atoms with van der Waals surface area (Å²) in [6, 6.07) is 4.67. The molecule has 1 aliphatic heterocycles. The lowest BCUT2D eigenvalue weighted by Crippen LogP contribution is -2.64. The molecule has 2 atom stereocenters. The lowest BCUT2D eigenvalue weighted by molar-refractivity contribution is -0.813. The Morgan fingerprint density at radius 1 is 1.37 bits per heavy atom. The predicted molar refractivity (Wildman–Crippen MR) is 77.0 cm³/mol. The molecule has 19 heavy (non-hydrogen) atoms. The molecule has 1 N–H and O–H groups in total. The maximum atomic E-state index is 12.9. The number of likely N-dealkylation sites (N-methyl/N-ethyl adjacent to an activating group) is 1. The highest BCUT2D eigenvalue weighted by molar-refractivity contribution is 7.86. The number of hydrogen-bond acceptors (Lipinski definition) is 3. The van der Waals surface area contributed by atoms with Gasteiger partial charge < -0.3 is 5.32 Å². The second-order valence-electron chi connectivity index (χ2n) is 4.98. The first-order valence-corrected chi connectivity index (χ1v) is 8.25. The Labute approximate surface area is 124 Å². The minimum absolute atomic E-state index is 0.0474. The van der Waals surface area contributed by atoms with E-state index in [0.29, 0.717) is 19.6 Å². The molecule has 0 aromatic heterocycles. The van der Waals surface area contributed by atoms with Gasteiger partial charge >= 0.3 is 10.0 Å². The van der Waals surface area contributed by atoms with E-state index < -0.39 is 10.0 Å². The van der Waals surface area contributed by atoms with E-state index in [1.54, 1.807) is 19.2 Å².